The fraction of sp³-hybridized carbons (Fsp3) is 0.625. The number of nitrogens with one attached hydrogen (secondary N) is 2. The van der Waals surface area contributed by atoms with Gasteiger partial charge < -0.3 is 10.6 Å². The summed E-state index contributed by atoms with van der Waals surface area (Å²) in [6, 6.07) is 1.43. The average molecular weight is 293 g/mol. The Bertz CT molecular complexity index is 498. The van der Waals surface area contributed by atoms with Gasteiger partial charge in [0.1, 0.15) is 0 Å². The molecule has 0 aromatic carbocycles. The highest BCUT2D eigenvalue weighted by Gasteiger charge is 2.32. The molecule has 1 aliphatic rings. The van der Waals surface area contributed by atoms with E-state index >= 15 is 0 Å². The summed E-state index contributed by atoms with van der Waals surface area (Å²) in [6.07, 6.45) is 7.24. The molecule has 2 rings (SSSR count). The van der Waals surface area contributed by atoms with Gasteiger partial charge in [0, 0.05) is 19.3 Å². The van der Waals surface area contributed by atoms with Crippen molar-refractivity contribution < 1.29 is 9.18 Å². The smallest absolute Gasteiger partial charge is 0.254 e. The normalized spacial score (nSPS) is 16.7. The molecule has 0 radical (unpaired) electrons. The zero-order valence-corrected chi connectivity index (χ0v) is 12.8. The third kappa shape index (κ3) is 3.52. The lowest BCUT2D eigenvalue weighted by molar-refractivity contribution is 0.0924. The highest BCUT2D eigenvalue weighted by molar-refractivity contribution is 5.95. The zero-order valence-electron chi connectivity index (χ0n) is 12.8. The molecule has 1 saturated carbocycles. The number of nitrogens with zero attached hydrogens (tertiary/aromatic N) is 1. The number of pyridine rings is 1. The Kier molecular flexibility index (Phi) is 5.15. The van der Waals surface area contributed by atoms with Crippen molar-refractivity contribution in [2.24, 2.45) is 5.41 Å². The molecule has 1 aromatic rings. The van der Waals surface area contributed by atoms with Crippen molar-refractivity contribution in [2.75, 3.05) is 18.4 Å². The van der Waals surface area contributed by atoms with Crippen LogP contribution in [0.2, 0.25) is 0 Å². The lowest BCUT2D eigenvalue weighted by Gasteiger charge is -2.27. The lowest BCUT2D eigenvalue weighted by Crippen LogP contribution is -2.36. The van der Waals surface area contributed by atoms with Gasteiger partial charge in [0.15, 0.2) is 11.6 Å². The van der Waals surface area contributed by atoms with Crippen LogP contribution in [0.5, 0.6) is 0 Å². The van der Waals surface area contributed by atoms with Crippen molar-refractivity contribution >= 4 is 11.7 Å². The summed E-state index contributed by atoms with van der Waals surface area (Å²) in [5.41, 5.74) is 0.258. The molecule has 2 N–H and O–H groups in total. The summed E-state index contributed by atoms with van der Waals surface area (Å²) >= 11 is 0. The van der Waals surface area contributed by atoms with E-state index < -0.39 is 5.82 Å². The first-order valence-electron chi connectivity index (χ1n) is 7.78. The van der Waals surface area contributed by atoms with Crippen LogP contribution in [-0.4, -0.2) is 24.0 Å². The van der Waals surface area contributed by atoms with E-state index in [4.69, 9.17) is 0 Å². The Morgan fingerprint density at radius 1 is 1.38 bits per heavy atom. The number of carbonyl (C=O) groups excluding carboxylic acids is 1. The second-order valence-corrected chi connectivity index (χ2v) is 5.79. The molecule has 116 valence electrons. The number of hydrogen-bond acceptors (Lipinski definition) is 3. The maximum absolute atomic E-state index is 14.2. The Balaban J connectivity index is 2.05. The van der Waals surface area contributed by atoms with Gasteiger partial charge in [-0.15, -0.1) is 0 Å². The lowest BCUT2D eigenvalue weighted by atomic mass is 9.83. The predicted octanol–water partition coefficient (Wildman–Crippen LogP) is 3.35. The van der Waals surface area contributed by atoms with Gasteiger partial charge in [-0.3, -0.25) is 4.79 Å². The SMILES string of the molecule is CCNc1nccc(C(=O)NCC2(CC)CCCC2)c1F. The summed E-state index contributed by atoms with van der Waals surface area (Å²) < 4.78 is 14.2. The van der Waals surface area contributed by atoms with E-state index in [1.165, 1.54) is 25.1 Å². The molecule has 1 aromatic heterocycles. The van der Waals surface area contributed by atoms with E-state index in [2.05, 4.69) is 22.5 Å². The molecule has 1 heterocycles. The van der Waals surface area contributed by atoms with Crippen LogP contribution in [0, 0.1) is 11.2 Å². The molecule has 0 spiro atoms. The van der Waals surface area contributed by atoms with E-state index in [9.17, 15) is 9.18 Å². The van der Waals surface area contributed by atoms with Crippen LogP contribution >= 0.6 is 0 Å². The largest absolute Gasteiger partial charge is 0.368 e. The second kappa shape index (κ2) is 6.87. The van der Waals surface area contributed by atoms with Gasteiger partial charge in [0.2, 0.25) is 0 Å². The van der Waals surface area contributed by atoms with Crippen LogP contribution in [0.25, 0.3) is 0 Å². The number of hydrogen-bond donors (Lipinski definition) is 2. The first-order valence-corrected chi connectivity index (χ1v) is 7.78. The summed E-state index contributed by atoms with van der Waals surface area (Å²) in [5.74, 6) is -0.793. The standard InChI is InChI=1S/C16H24FN3O/c1-3-16(8-5-6-9-16)11-20-15(21)12-7-10-19-14(13(12)17)18-4-2/h7,10H,3-6,8-9,11H2,1-2H3,(H,18,19)(H,20,21). The number of aromatic nitrogens is 1. The predicted molar refractivity (Wildman–Crippen MR) is 81.9 cm³/mol. The molecule has 1 amide bonds. The van der Waals surface area contributed by atoms with E-state index in [1.54, 1.807) is 0 Å². The van der Waals surface area contributed by atoms with E-state index in [0.717, 1.165) is 19.3 Å². The van der Waals surface area contributed by atoms with E-state index in [0.29, 0.717) is 13.1 Å². The molecule has 0 bridgehead atoms. The van der Waals surface area contributed by atoms with Crippen molar-refractivity contribution in [1.82, 2.24) is 10.3 Å². The van der Waals surface area contributed by atoms with Crippen LogP contribution in [0.3, 0.4) is 0 Å². The zero-order chi connectivity index (χ0) is 15.3. The second-order valence-electron chi connectivity index (χ2n) is 5.79. The minimum Gasteiger partial charge on any atom is -0.368 e. The minimum absolute atomic E-state index is 0.0604. The third-order valence-corrected chi connectivity index (χ3v) is 4.52. The Morgan fingerprint density at radius 3 is 2.71 bits per heavy atom. The number of halogens is 1. The van der Waals surface area contributed by atoms with Gasteiger partial charge >= 0.3 is 0 Å². The highest BCUT2D eigenvalue weighted by atomic mass is 19.1. The molecular weight excluding hydrogens is 269 g/mol. The quantitative estimate of drug-likeness (QED) is 0.845. The van der Waals surface area contributed by atoms with Crippen LogP contribution in [-0.2, 0) is 0 Å². The van der Waals surface area contributed by atoms with Crippen LogP contribution < -0.4 is 10.6 Å². The number of anilines is 1. The number of rotatable bonds is 6. The molecule has 1 fully saturated rings. The van der Waals surface area contributed by atoms with Crippen molar-refractivity contribution in [3.63, 3.8) is 0 Å². The minimum atomic E-state index is -0.575. The van der Waals surface area contributed by atoms with Crippen molar-refractivity contribution in [1.29, 1.82) is 0 Å². The van der Waals surface area contributed by atoms with Gasteiger partial charge in [-0.25, -0.2) is 9.37 Å². The maximum atomic E-state index is 14.2. The van der Waals surface area contributed by atoms with Crippen LogP contribution in [0.15, 0.2) is 12.3 Å². The van der Waals surface area contributed by atoms with E-state index in [-0.39, 0.29) is 22.7 Å². The monoisotopic (exact) mass is 293 g/mol. The molecular formula is C16H24FN3O. The number of carbonyl (C=O) groups is 1. The van der Waals surface area contributed by atoms with Gasteiger partial charge in [-0.1, -0.05) is 19.8 Å². The van der Waals surface area contributed by atoms with Gasteiger partial charge in [0.05, 0.1) is 5.56 Å². The fourth-order valence-corrected chi connectivity index (χ4v) is 3.05. The first kappa shape index (κ1) is 15.7. The van der Waals surface area contributed by atoms with Crippen LogP contribution in [0.1, 0.15) is 56.3 Å². The molecule has 1 aliphatic carbocycles. The number of amides is 1. The van der Waals surface area contributed by atoms with Gasteiger partial charge in [-0.2, -0.15) is 0 Å². The highest BCUT2D eigenvalue weighted by Crippen LogP contribution is 2.40. The first-order chi connectivity index (χ1) is 10.1. The van der Waals surface area contributed by atoms with E-state index in [1.807, 2.05) is 6.92 Å². The maximum Gasteiger partial charge on any atom is 0.254 e. The molecule has 0 aliphatic heterocycles. The Morgan fingerprint density at radius 2 is 2.10 bits per heavy atom. The molecule has 0 saturated heterocycles. The third-order valence-electron chi connectivity index (χ3n) is 4.52. The van der Waals surface area contributed by atoms with Crippen molar-refractivity contribution in [3.05, 3.63) is 23.6 Å². The molecule has 4 nitrogen and oxygen atoms in total. The molecule has 21 heavy (non-hydrogen) atoms. The Hall–Kier alpha value is -1.65. The molecule has 5 heteroatoms. The average Bonchev–Trinajstić information content (AvgIpc) is 2.97. The van der Waals surface area contributed by atoms with Crippen LogP contribution in [0.4, 0.5) is 10.2 Å². The summed E-state index contributed by atoms with van der Waals surface area (Å²) in [7, 11) is 0. The summed E-state index contributed by atoms with van der Waals surface area (Å²) in [6.45, 7) is 5.21. The molecule has 0 unspecified atom stereocenters. The van der Waals surface area contributed by atoms with Crippen molar-refractivity contribution in [3.8, 4) is 0 Å². The molecule has 0 atom stereocenters. The van der Waals surface area contributed by atoms with Gasteiger partial charge in [0.25, 0.3) is 5.91 Å². The summed E-state index contributed by atoms with van der Waals surface area (Å²) in [4.78, 5) is 16.1. The Labute approximate surface area is 125 Å². The van der Waals surface area contributed by atoms with Gasteiger partial charge in [-0.05, 0) is 37.7 Å². The summed E-state index contributed by atoms with van der Waals surface area (Å²) in [5, 5.41) is 5.73. The topological polar surface area (TPSA) is 54.0 Å². The van der Waals surface area contributed by atoms with Crippen molar-refractivity contribution in [2.45, 2.75) is 46.0 Å². The fourth-order valence-electron chi connectivity index (χ4n) is 3.05.